The van der Waals surface area contributed by atoms with Crippen LogP contribution in [-0.2, 0) is 16.0 Å². The van der Waals surface area contributed by atoms with Gasteiger partial charge in [-0.25, -0.2) is 9.38 Å². The van der Waals surface area contributed by atoms with E-state index < -0.39 is 0 Å². The Morgan fingerprint density at radius 3 is 2.81 bits per heavy atom. The molecule has 0 saturated carbocycles. The standard InChI is InChI=1S/C23H32FN3O3.HI/c1-3-25-23(26-14-22-16(2)20-13-17(24)6-7-21(20)30-22)27-10-8-18(9-11-27)29-15-19-5-4-12-28-19;/h6-7,13,18-19H,3-5,8-12,14-15H2,1-2H3,(H,25,26);1H. The van der Waals surface area contributed by atoms with E-state index in [0.717, 1.165) is 74.6 Å². The quantitative estimate of drug-likeness (QED) is 0.326. The molecule has 1 N–H and O–H groups in total. The van der Waals surface area contributed by atoms with Gasteiger partial charge in [0.1, 0.15) is 23.7 Å². The zero-order valence-electron chi connectivity index (χ0n) is 18.4. The van der Waals surface area contributed by atoms with E-state index in [1.807, 2.05) is 6.92 Å². The second kappa shape index (κ2) is 11.5. The molecule has 3 heterocycles. The first-order chi connectivity index (χ1) is 14.6. The summed E-state index contributed by atoms with van der Waals surface area (Å²) in [4.78, 5) is 7.09. The topological polar surface area (TPSA) is 59.2 Å². The molecule has 0 bridgehead atoms. The minimum absolute atomic E-state index is 0. The highest BCUT2D eigenvalue weighted by atomic mass is 127. The van der Waals surface area contributed by atoms with Gasteiger partial charge in [-0.3, -0.25) is 0 Å². The van der Waals surface area contributed by atoms with Crippen LogP contribution in [0.5, 0.6) is 0 Å². The Bertz CT molecular complexity index is 874. The number of piperidine rings is 1. The van der Waals surface area contributed by atoms with Crippen molar-refractivity contribution in [1.82, 2.24) is 10.2 Å². The van der Waals surface area contributed by atoms with Gasteiger partial charge in [0.05, 0.1) is 18.8 Å². The summed E-state index contributed by atoms with van der Waals surface area (Å²) in [6, 6.07) is 4.62. The third-order valence-corrected chi connectivity index (χ3v) is 5.99. The predicted molar refractivity (Wildman–Crippen MR) is 131 cm³/mol. The maximum Gasteiger partial charge on any atom is 0.194 e. The Balaban J connectivity index is 0.00000272. The smallest absolute Gasteiger partial charge is 0.194 e. The number of aryl methyl sites for hydroxylation is 1. The van der Waals surface area contributed by atoms with Crippen molar-refractivity contribution >= 4 is 40.9 Å². The van der Waals surface area contributed by atoms with E-state index in [0.29, 0.717) is 24.8 Å². The molecule has 2 aromatic rings. The van der Waals surface area contributed by atoms with Crippen LogP contribution >= 0.6 is 24.0 Å². The third kappa shape index (κ3) is 6.10. The van der Waals surface area contributed by atoms with Crippen LogP contribution in [0.3, 0.4) is 0 Å². The number of hydrogen-bond donors (Lipinski definition) is 1. The number of benzene rings is 1. The summed E-state index contributed by atoms with van der Waals surface area (Å²) < 4.78 is 31.2. The largest absolute Gasteiger partial charge is 0.459 e. The van der Waals surface area contributed by atoms with Gasteiger partial charge >= 0.3 is 0 Å². The number of hydrogen-bond acceptors (Lipinski definition) is 4. The van der Waals surface area contributed by atoms with Crippen molar-refractivity contribution in [2.45, 2.75) is 58.3 Å². The van der Waals surface area contributed by atoms with Crippen LogP contribution in [-0.4, -0.2) is 55.9 Å². The minimum atomic E-state index is -0.251. The van der Waals surface area contributed by atoms with Gasteiger partial charge in [-0.05, 0) is 57.7 Å². The average molecular weight is 545 g/mol. The van der Waals surface area contributed by atoms with Gasteiger partial charge in [0, 0.05) is 37.2 Å². The van der Waals surface area contributed by atoms with E-state index in [1.165, 1.54) is 12.1 Å². The highest BCUT2D eigenvalue weighted by Crippen LogP contribution is 2.26. The summed E-state index contributed by atoms with van der Waals surface area (Å²) in [7, 11) is 0. The van der Waals surface area contributed by atoms with Crippen molar-refractivity contribution in [1.29, 1.82) is 0 Å². The lowest BCUT2D eigenvalue weighted by molar-refractivity contribution is -0.0367. The van der Waals surface area contributed by atoms with Crippen LogP contribution in [0.2, 0.25) is 0 Å². The number of rotatable bonds is 6. The van der Waals surface area contributed by atoms with Crippen molar-refractivity contribution in [2.24, 2.45) is 4.99 Å². The Labute approximate surface area is 200 Å². The first kappa shape index (κ1) is 24.3. The number of halogens is 2. The minimum Gasteiger partial charge on any atom is -0.459 e. The molecule has 4 rings (SSSR count). The molecule has 2 aliphatic rings. The zero-order chi connectivity index (χ0) is 20.9. The molecule has 2 aliphatic heterocycles. The molecule has 8 heteroatoms. The van der Waals surface area contributed by atoms with Crippen LogP contribution in [0.25, 0.3) is 11.0 Å². The fraction of sp³-hybridized carbons (Fsp3) is 0.609. The maximum atomic E-state index is 13.6. The molecule has 0 amide bonds. The molecule has 0 aliphatic carbocycles. The van der Waals surface area contributed by atoms with Gasteiger partial charge in [0.15, 0.2) is 5.96 Å². The molecule has 2 fully saturated rings. The monoisotopic (exact) mass is 545 g/mol. The number of likely N-dealkylation sites (tertiary alicyclic amines) is 1. The zero-order valence-corrected chi connectivity index (χ0v) is 20.7. The molecule has 31 heavy (non-hydrogen) atoms. The van der Waals surface area contributed by atoms with E-state index >= 15 is 0 Å². The van der Waals surface area contributed by atoms with Gasteiger partial charge in [-0.15, -0.1) is 24.0 Å². The van der Waals surface area contributed by atoms with Gasteiger partial charge in [0.25, 0.3) is 0 Å². The van der Waals surface area contributed by atoms with E-state index in [4.69, 9.17) is 18.9 Å². The SMILES string of the molecule is CCNC(=NCc1oc2ccc(F)cc2c1C)N1CCC(OCC2CCCO2)CC1.I. The first-order valence-electron chi connectivity index (χ1n) is 11.1. The second-order valence-electron chi connectivity index (χ2n) is 8.12. The van der Waals surface area contributed by atoms with E-state index in [1.54, 1.807) is 6.07 Å². The van der Waals surface area contributed by atoms with Gasteiger partial charge < -0.3 is 24.1 Å². The highest BCUT2D eigenvalue weighted by molar-refractivity contribution is 14.0. The predicted octanol–water partition coefficient (Wildman–Crippen LogP) is 4.62. The number of guanidine groups is 1. The second-order valence-corrected chi connectivity index (χ2v) is 8.12. The molecule has 0 spiro atoms. The summed E-state index contributed by atoms with van der Waals surface area (Å²) in [6.07, 6.45) is 4.81. The molecule has 1 atom stereocenters. The number of nitrogens with one attached hydrogen (secondary N) is 1. The molecule has 6 nitrogen and oxygen atoms in total. The van der Waals surface area contributed by atoms with Crippen LogP contribution in [0.15, 0.2) is 27.6 Å². The van der Waals surface area contributed by atoms with Crippen LogP contribution in [0.4, 0.5) is 4.39 Å². The number of nitrogens with zero attached hydrogens (tertiary/aromatic N) is 2. The Hall–Kier alpha value is -1.39. The van der Waals surface area contributed by atoms with Gasteiger partial charge in [-0.1, -0.05) is 0 Å². The summed E-state index contributed by atoms with van der Waals surface area (Å²) in [5, 5.41) is 4.20. The summed E-state index contributed by atoms with van der Waals surface area (Å²) in [6.45, 7) is 8.67. The average Bonchev–Trinajstić information content (AvgIpc) is 3.38. The number of furan rings is 1. The molecule has 1 aromatic heterocycles. The van der Waals surface area contributed by atoms with E-state index in [2.05, 4.69) is 17.1 Å². The number of ether oxygens (including phenoxy) is 2. The lowest BCUT2D eigenvalue weighted by atomic mass is 10.1. The lowest BCUT2D eigenvalue weighted by Gasteiger charge is -2.34. The van der Waals surface area contributed by atoms with Crippen LogP contribution < -0.4 is 5.32 Å². The molecule has 172 valence electrons. The summed E-state index contributed by atoms with van der Waals surface area (Å²) in [5.74, 6) is 1.42. The lowest BCUT2D eigenvalue weighted by Crippen LogP contribution is -2.47. The van der Waals surface area contributed by atoms with Crippen molar-refractivity contribution in [3.63, 3.8) is 0 Å². The van der Waals surface area contributed by atoms with Crippen molar-refractivity contribution in [2.75, 3.05) is 32.8 Å². The first-order valence-corrected chi connectivity index (χ1v) is 11.1. The van der Waals surface area contributed by atoms with Crippen LogP contribution in [0.1, 0.15) is 43.9 Å². The van der Waals surface area contributed by atoms with E-state index in [9.17, 15) is 4.39 Å². The fourth-order valence-corrected chi connectivity index (χ4v) is 4.22. The van der Waals surface area contributed by atoms with Crippen molar-refractivity contribution in [3.8, 4) is 0 Å². The van der Waals surface area contributed by atoms with Crippen molar-refractivity contribution in [3.05, 3.63) is 35.3 Å². The molecular formula is C23H33FIN3O3. The van der Waals surface area contributed by atoms with Crippen LogP contribution in [0, 0.1) is 12.7 Å². The molecular weight excluding hydrogens is 512 g/mol. The summed E-state index contributed by atoms with van der Waals surface area (Å²) in [5.41, 5.74) is 1.65. The van der Waals surface area contributed by atoms with E-state index in [-0.39, 0.29) is 35.9 Å². The highest BCUT2D eigenvalue weighted by Gasteiger charge is 2.24. The van der Waals surface area contributed by atoms with Gasteiger partial charge in [0.2, 0.25) is 0 Å². The maximum absolute atomic E-state index is 13.6. The molecule has 1 aromatic carbocycles. The third-order valence-electron chi connectivity index (χ3n) is 5.99. The van der Waals surface area contributed by atoms with Crippen molar-refractivity contribution < 1.29 is 18.3 Å². The molecule has 2 saturated heterocycles. The van der Waals surface area contributed by atoms with Gasteiger partial charge in [-0.2, -0.15) is 0 Å². The molecule has 0 radical (unpaired) electrons. The summed E-state index contributed by atoms with van der Waals surface area (Å²) >= 11 is 0. The molecule has 1 unspecified atom stereocenters. The Morgan fingerprint density at radius 2 is 2.10 bits per heavy atom. The fourth-order valence-electron chi connectivity index (χ4n) is 4.22. The number of fused-ring (bicyclic) bond motifs is 1. The number of aliphatic imine (C=N–C) groups is 1. The Kier molecular flexibility index (Phi) is 8.97. The Morgan fingerprint density at radius 1 is 1.29 bits per heavy atom. The normalized spacial score (nSPS) is 20.3.